The third-order valence-electron chi connectivity index (χ3n) is 8.53. The van der Waals surface area contributed by atoms with Crippen LogP contribution < -0.4 is 0 Å². The summed E-state index contributed by atoms with van der Waals surface area (Å²) >= 11 is 0. The van der Waals surface area contributed by atoms with E-state index in [1.165, 1.54) is 66.8 Å². The van der Waals surface area contributed by atoms with Gasteiger partial charge >= 0.3 is 0 Å². The summed E-state index contributed by atoms with van der Waals surface area (Å²) in [5.41, 5.74) is 16.3. The van der Waals surface area contributed by atoms with E-state index in [4.69, 9.17) is 0 Å². The van der Waals surface area contributed by atoms with Crippen molar-refractivity contribution in [1.29, 1.82) is 0 Å². The number of rotatable bonds is 4. The first kappa shape index (κ1) is 22.3. The van der Waals surface area contributed by atoms with Gasteiger partial charge in [0, 0.05) is 17.4 Å². The fourth-order valence-electron chi connectivity index (χ4n) is 6.43. The number of benzene rings is 4. The van der Waals surface area contributed by atoms with Crippen LogP contribution in [-0.4, -0.2) is 11.7 Å². The molecule has 0 spiro atoms. The van der Waals surface area contributed by atoms with Crippen molar-refractivity contribution in [2.45, 2.75) is 58.3 Å². The highest BCUT2D eigenvalue weighted by atomic mass is 16.2. The van der Waals surface area contributed by atoms with Crippen molar-refractivity contribution in [3.63, 3.8) is 0 Å². The summed E-state index contributed by atoms with van der Waals surface area (Å²) in [6.45, 7) is 11.8. The van der Waals surface area contributed by atoms with Crippen LogP contribution in [0.5, 0.6) is 0 Å². The lowest BCUT2D eigenvalue weighted by Crippen LogP contribution is -2.16. The first-order chi connectivity index (χ1) is 16.7. The van der Waals surface area contributed by atoms with Crippen LogP contribution in [0.4, 0.5) is 0 Å². The van der Waals surface area contributed by atoms with Crippen LogP contribution in [0.15, 0.2) is 72.8 Å². The van der Waals surface area contributed by atoms with Crippen molar-refractivity contribution in [2.75, 3.05) is 6.61 Å². The fraction of sp³-hybridized carbons (Fsp3) is 0.294. The van der Waals surface area contributed by atoms with Crippen LogP contribution in [0.25, 0.3) is 33.4 Å². The van der Waals surface area contributed by atoms with Crippen LogP contribution in [0, 0.1) is 6.92 Å². The van der Waals surface area contributed by atoms with E-state index in [0.29, 0.717) is 0 Å². The zero-order chi connectivity index (χ0) is 24.5. The van der Waals surface area contributed by atoms with Crippen molar-refractivity contribution in [3.05, 3.63) is 106 Å². The summed E-state index contributed by atoms with van der Waals surface area (Å²) in [6.07, 6.45) is 1.74. The third-order valence-corrected chi connectivity index (χ3v) is 8.53. The van der Waals surface area contributed by atoms with E-state index in [2.05, 4.69) is 107 Å². The number of fused-ring (bicyclic) bond motifs is 6. The molecule has 6 rings (SSSR count). The van der Waals surface area contributed by atoms with E-state index < -0.39 is 0 Å². The highest BCUT2D eigenvalue weighted by Crippen LogP contribution is 2.52. The third kappa shape index (κ3) is 3.25. The Morgan fingerprint density at radius 2 is 1.03 bits per heavy atom. The smallest absolute Gasteiger partial charge is 0.0434 e. The maximum absolute atomic E-state index is 9.26. The number of aliphatic hydroxyl groups excluding tert-OH is 1. The minimum Gasteiger partial charge on any atom is -0.396 e. The summed E-state index contributed by atoms with van der Waals surface area (Å²) in [4.78, 5) is 0. The summed E-state index contributed by atoms with van der Waals surface area (Å²) in [6, 6.07) is 27.9. The molecule has 0 atom stereocenters. The van der Waals surface area contributed by atoms with E-state index in [-0.39, 0.29) is 17.4 Å². The zero-order valence-electron chi connectivity index (χ0n) is 21.5. The molecule has 0 amide bonds. The Morgan fingerprint density at radius 1 is 0.571 bits per heavy atom. The monoisotopic (exact) mass is 458 g/mol. The molecule has 0 unspecified atom stereocenters. The van der Waals surface area contributed by atoms with Crippen molar-refractivity contribution in [2.24, 2.45) is 0 Å². The minimum atomic E-state index is -0.0420. The molecule has 2 aliphatic rings. The van der Waals surface area contributed by atoms with Crippen LogP contribution in [0.3, 0.4) is 0 Å². The van der Waals surface area contributed by atoms with Gasteiger partial charge in [-0.15, -0.1) is 0 Å². The van der Waals surface area contributed by atoms with Gasteiger partial charge in [-0.1, -0.05) is 93.9 Å². The molecule has 1 nitrogen and oxygen atoms in total. The molecule has 2 aliphatic carbocycles. The standard InChI is InChI=1S/C34H34O/c1-21-8-12-25-27-14-10-23(19-31(27)33(2,3)29(25)17-21)24-11-15-28-26-13-9-22(7-6-16-35)18-30(26)34(4,5)32(28)20-24/h8-15,17-20,35H,6-7,16H2,1-5H3. The Hall–Kier alpha value is -3.16. The molecule has 0 aromatic heterocycles. The molecule has 0 radical (unpaired) electrons. The Balaban J connectivity index is 1.42. The van der Waals surface area contributed by atoms with Crippen molar-refractivity contribution in [3.8, 4) is 33.4 Å². The SMILES string of the molecule is Cc1ccc2c(c1)C(C)(C)c1cc(-c3ccc4c(c3)C(C)(C)c3cc(CCCO)ccc3-4)ccc1-2. The van der Waals surface area contributed by atoms with Gasteiger partial charge in [0.25, 0.3) is 0 Å². The maximum Gasteiger partial charge on any atom is 0.0434 e. The topological polar surface area (TPSA) is 20.2 Å². The Morgan fingerprint density at radius 3 is 1.57 bits per heavy atom. The van der Waals surface area contributed by atoms with E-state index in [0.717, 1.165) is 12.8 Å². The van der Waals surface area contributed by atoms with Crippen LogP contribution in [0.2, 0.25) is 0 Å². The maximum atomic E-state index is 9.26. The van der Waals surface area contributed by atoms with Gasteiger partial charge in [0.15, 0.2) is 0 Å². The van der Waals surface area contributed by atoms with E-state index >= 15 is 0 Å². The predicted octanol–water partition coefficient (Wildman–Crippen LogP) is 8.20. The number of aryl methyl sites for hydroxylation is 2. The second kappa shape index (κ2) is 7.67. The number of aliphatic hydroxyl groups is 1. The van der Waals surface area contributed by atoms with Crippen LogP contribution in [-0.2, 0) is 17.3 Å². The highest BCUT2D eigenvalue weighted by molar-refractivity contribution is 5.86. The second-order valence-electron chi connectivity index (χ2n) is 11.5. The largest absolute Gasteiger partial charge is 0.396 e. The van der Waals surface area contributed by atoms with Gasteiger partial charge in [0.2, 0.25) is 0 Å². The van der Waals surface area contributed by atoms with Gasteiger partial charge in [-0.3, -0.25) is 0 Å². The average molecular weight is 459 g/mol. The van der Waals surface area contributed by atoms with Crippen molar-refractivity contribution < 1.29 is 5.11 Å². The van der Waals surface area contributed by atoms with Gasteiger partial charge in [0.1, 0.15) is 0 Å². The summed E-state index contributed by atoms with van der Waals surface area (Å²) in [7, 11) is 0. The first-order valence-corrected chi connectivity index (χ1v) is 12.9. The van der Waals surface area contributed by atoms with Gasteiger partial charge in [0.05, 0.1) is 0 Å². The van der Waals surface area contributed by atoms with Gasteiger partial charge in [-0.05, 0) is 93.1 Å². The first-order valence-electron chi connectivity index (χ1n) is 12.9. The fourth-order valence-corrected chi connectivity index (χ4v) is 6.43. The van der Waals surface area contributed by atoms with Gasteiger partial charge < -0.3 is 5.11 Å². The van der Waals surface area contributed by atoms with Crippen molar-refractivity contribution in [1.82, 2.24) is 0 Å². The molecular weight excluding hydrogens is 424 g/mol. The molecule has 0 aliphatic heterocycles. The van der Waals surface area contributed by atoms with E-state index in [1.54, 1.807) is 0 Å². The predicted molar refractivity (Wildman–Crippen MR) is 147 cm³/mol. The molecule has 0 fully saturated rings. The Kier molecular flexibility index (Phi) is 4.89. The molecule has 35 heavy (non-hydrogen) atoms. The van der Waals surface area contributed by atoms with Gasteiger partial charge in [-0.2, -0.15) is 0 Å². The lowest BCUT2D eigenvalue weighted by molar-refractivity contribution is 0.288. The van der Waals surface area contributed by atoms with Crippen molar-refractivity contribution >= 4 is 0 Å². The Labute approximate surface area is 209 Å². The molecule has 1 N–H and O–H groups in total. The van der Waals surface area contributed by atoms with E-state index in [1.807, 2.05) is 0 Å². The lowest BCUT2D eigenvalue weighted by Gasteiger charge is -2.23. The van der Waals surface area contributed by atoms with Crippen LogP contribution >= 0.6 is 0 Å². The molecular formula is C34H34O. The Bertz CT molecular complexity index is 1480. The zero-order valence-corrected chi connectivity index (χ0v) is 21.5. The molecule has 0 heterocycles. The van der Waals surface area contributed by atoms with Crippen LogP contribution in [0.1, 0.15) is 67.5 Å². The number of hydrogen-bond donors (Lipinski definition) is 1. The average Bonchev–Trinajstić information content (AvgIpc) is 3.21. The molecule has 4 aromatic carbocycles. The molecule has 1 heteroatoms. The summed E-state index contributed by atoms with van der Waals surface area (Å²) in [5.74, 6) is 0. The highest BCUT2D eigenvalue weighted by Gasteiger charge is 2.37. The summed E-state index contributed by atoms with van der Waals surface area (Å²) in [5, 5.41) is 9.26. The normalized spacial score (nSPS) is 15.9. The molecule has 4 aromatic rings. The molecule has 0 bridgehead atoms. The quantitative estimate of drug-likeness (QED) is 0.327. The molecule has 0 saturated carbocycles. The minimum absolute atomic E-state index is 0.00387. The summed E-state index contributed by atoms with van der Waals surface area (Å²) < 4.78 is 0. The lowest BCUT2D eigenvalue weighted by atomic mass is 9.80. The second-order valence-corrected chi connectivity index (χ2v) is 11.5. The number of hydrogen-bond acceptors (Lipinski definition) is 1. The van der Waals surface area contributed by atoms with Gasteiger partial charge in [-0.25, -0.2) is 0 Å². The van der Waals surface area contributed by atoms with E-state index in [9.17, 15) is 5.11 Å². The molecule has 0 saturated heterocycles. The molecule has 176 valence electrons.